The van der Waals surface area contributed by atoms with E-state index < -0.39 is 11.8 Å². The Kier molecular flexibility index (Phi) is 7.90. The molecule has 0 aliphatic rings. The minimum Gasteiger partial charge on any atom is -0.495 e. The van der Waals surface area contributed by atoms with Crippen molar-refractivity contribution in [3.8, 4) is 5.75 Å². The molecule has 9 heteroatoms. The van der Waals surface area contributed by atoms with Crippen molar-refractivity contribution in [2.45, 2.75) is 20.3 Å². The molecule has 29 heavy (non-hydrogen) atoms. The molecule has 0 atom stereocenters. The minimum absolute atomic E-state index is 0.0380. The van der Waals surface area contributed by atoms with Gasteiger partial charge in [-0.2, -0.15) is 5.10 Å². The Hall–Kier alpha value is -3.20. The number of aryl methyl sites for hydroxylation is 1. The number of nitrogens with zero attached hydrogens (tertiary/aromatic N) is 1. The first kappa shape index (κ1) is 22.1. The maximum Gasteiger partial charge on any atom is 0.329 e. The number of ether oxygens (including phenoxy) is 1. The number of hydrogen-bond donors (Lipinski definition) is 3. The molecule has 0 saturated carbocycles. The summed E-state index contributed by atoms with van der Waals surface area (Å²) in [5.41, 5.74) is 4.40. The van der Waals surface area contributed by atoms with Crippen molar-refractivity contribution >= 4 is 50.7 Å². The van der Waals surface area contributed by atoms with Gasteiger partial charge in [0.25, 0.3) is 0 Å². The maximum atomic E-state index is 12.1. The van der Waals surface area contributed by atoms with Crippen LogP contribution in [0.3, 0.4) is 0 Å². The van der Waals surface area contributed by atoms with E-state index in [-0.39, 0.29) is 12.3 Å². The van der Waals surface area contributed by atoms with Crippen LogP contribution in [0.1, 0.15) is 18.9 Å². The largest absolute Gasteiger partial charge is 0.495 e. The molecule has 8 nitrogen and oxygen atoms in total. The Bertz CT molecular complexity index is 942. The molecule has 3 amide bonds. The third-order valence-corrected chi connectivity index (χ3v) is 4.23. The van der Waals surface area contributed by atoms with Gasteiger partial charge in [-0.25, -0.2) is 5.43 Å². The monoisotopic (exact) mass is 460 g/mol. The molecule has 2 aromatic rings. The fourth-order valence-corrected chi connectivity index (χ4v) is 2.57. The minimum atomic E-state index is -0.957. The van der Waals surface area contributed by atoms with Gasteiger partial charge in [0.1, 0.15) is 5.75 Å². The lowest BCUT2D eigenvalue weighted by atomic mass is 10.2. The Morgan fingerprint density at radius 1 is 1.03 bits per heavy atom. The first-order valence-corrected chi connectivity index (χ1v) is 9.42. The van der Waals surface area contributed by atoms with Crippen LogP contribution in [0.15, 0.2) is 52.0 Å². The maximum absolute atomic E-state index is 12.1. The van der Waals surface area contributed by atoms with Crippen molar-refractivity contribution < 1.29 is 19.1 Å². The number of carbonyl (C=O) groups is 3. The molecule has 2 aromatic carbocycles. The summed E-state index contributed by atoms with van der Waals surface area (Å²) in [4.78, 5) is 36.1. The van der Waals surface area contributed by atoms with E-state index in [1.54, 1.807) is 43.3 Å². The highest BCUT2D eigenvalue weighted by Crippen LogP contribution is 2.25. The lowest BCUT2D eigenvalue weighted by Crippen LogP contribution is -2.33. The highest BCUT2D eigenvalue weighted by atomic mass is 79.9. The quantitative estimate of drug-likeness (QED) is 0.349. The van der Waals surface area contributed by atoms with Crippen molar-refractivity contribution in [1.82, 2.24) is 5.43 Å². The van der Waals surface area contributed by atoms with E-state index in [4.69, 9.17) is 4.74 Å². The molecule has 152 valence electrons. The van der Waals surface area contributed by atoms with E-state index >= 15 is 0 Å². The number of anilines is 2. The summed E-state index contributed by atoms with van der Waals surface area (Å²) in [6, 6.07) is 12.3. The Labute approximate surface area is 176 Å². The predicted octanol–water partition coefficient (Wildman–Crippen LogP) is 3.23. The fourth-order valence-electron chi connectivity index (χ4n) is 2.31. The SMILES string of the molecule is COc1ccc(C)cc1NC(=O)C(=O)N/N=C(\C)CC(=O)Nc1ccc(Br)cc1. The average Bonchev–Trinajstić information content (AvgIpc) is 2.68. The molecule has 0 spiro atoms. The van der Waals surface area contributed by atoms with Crippen molar-refractivity contribution in [2.75, 3.05) is 17.7 Å². The van der Waals surface area contributed by atoms with E-state index in [0.29, 0.717) is 22.8 Å². The van der Waals surface area contributed by atoms with Crippen molar-refractivity contribution in [3.63, 3.8) is 0 Å². The summed E-state index contributed by atoms with van der Waals surface area (Å²) in [6.07, 6.45) is -0.0380. The fraction of sp³-hybridized carbons (Fsp3) is 0.200. The lowest BCUT2D eigenvalue weighted by Gasteiger charge is -2.10. The van der Waals surface area contributed by atoms with Crippen LogP contribution in [-0.4, -0.2) is 30.5 Å². The van der Waals surface area contributed by atoms with Gasteiger partial charge in [-0.1, -0.05) is 22.0 Å². The summed E-state index contributed by atoms with van der Waals surface area (Å²) in [5.74, 6) is -1.72. The Morgan fingerprint density at radius 3 is 2.38 bits per heavy atom. The zero-order chi connectivity index (χ0) is 21.4. The predicted molar refractivity (Wildman–Crippen MR) is 115 cm³/mol. The van der Waals surface area contributed by atoms with Crippen LogP contribution in [0.2, 0.25) is 0 Å². The van der Waals surface area contributed by atoms with Crippen LogP contribution >= 0.6 is 15.9 Å². The molecular weight excluding hydrogens is 440 g/mol. The smallest absolute Gasteiger partial charge is 0.329 e. The summed E-state index contributed by atoms with van der Waals surface area (Å²) in [5, 5.41) is 8.99. The number of hydrazone groups is 1. The summed E-state index contributed by atoms with van der Waals surface area (Å²) >= 11 is 3.32. The van der Waals surface area contributed by atoms with Crippen LogP contribution in [0, 0.1) is 6.92 Å². The molecule has 3 N–H and O–H groups in total. The third-order valence-electron chi connectivity index (χ3n) is 3.70. The van der Waals surface area contributed by atoms with E-state index in [1.807, 2.05) is 13.0 Å². The van der Waals surface area contributed by atoms with Crippen molar-refractivity contribution in [3.05, 3.63) is 52.5 Å². The second-order valence-electron chi connectivity index (χ2n) is 6.18. The summed E-state index contributed by atoms with van der Waals surface area (Å²) in [7, 11) is 1.47. The molecule has 0 radical (unpaired) electrons. The van der Waals surface area contributed by atoms with Crippen molar-refractivity contribution in [2.24, 2.45) is 5.10 Å². The second kappa shape index (κ2) is 10.4. The third kappa shape index (κ3) is 7.04. The van der Waals surface area contributed by atoms with Gasteiger partial charge in [0.05, 0.1) is 19.2 Å². The highest BCUT2D eigenvalue weighted by Gasteiger charge is 2.16. The summed E-state index contributed by atoms with van der Waals surface area (Å²) < 4.78 is 6.06. The first-order valence-electron chi connectivity index (χ1n) is 8.63. The molecule has 0 heterocycles. The van der Waals surface area contributed by atoms with E-state index in [0.717, 1.165) is 10.0 Å². The van der Waals surface area contributed by atoms with Gasteiger partial charge < -0.3 is 15.4 Å². The van der Waals surface area contributed by atoms with Crippen LogP contribution in [0.25, 0.3) is 0 Å². The normalized spacial score (nSPS) is 10.8. The number of rotatable bonds is 6. The lowest BCUT2D eigenvalue weighted by molar-refractivity contribution is -0.136. The zero-order valence-electron chi connectivity index (χ0n) is 16.2. The van der Waals surface area contributed by atoms with Gasteiger partial charge >= 0.3 is 11.8 Å². The van der Waals surface area contributed by atoms with E-state index in [1.165, 1.54) is 7.11 Å². The number of benzene rings is 2. The van der Waals surface area contributed by atoms with Gasteiger partial charge in [-0.3, -0.25) is 14.4 Å². The summed E-state index contributed by atoms with van der Waals surface area (Å²) in [6.45, 7) is 3.42. The van der Waals surface area contributed by atoms with Gasteiger partial charge in [0, 0.05) is 15.9 Å². The Balaban J connectivity index is 1.88. The number of nitrogens with one attached hydrogen (secondary N) is 3. The molecule has 0 fully saturated rings. The number of methoxy groups -OCH3 is 1. The molecular formula is C20H21BrN4O4. The van der Waals surface area contributed by atoms with Crippen LogP contribution in [0.4, 0.5) is 11.4 Å². The van der Waals surface area contributed by atoms with E-state index in [9.17, 15) is 14.4 Å². The second-order valence-corrected chi connectivity index (χ2v) is 7.09. The Morgan fingerprint density at radius 2 is 1.72 bits per heavy atom. The standard InChI is InChI=1S/C20H21BrN4O4/c1-12-4-9-17(29-3)16(10-12)23-19(27)20(28)25-24-13(2)11-18(26)22-15-7-5-14(21)6-8-15/h4-10H,11H2,1-3H3,(H,22,26)(H,23,27)(H,25,28)/b24-13+. The molecule has 2 rings (SSSR count). The van der Waals surface area contributed by atoms with Gasteiger partial charge in [-0.05, 0) is 55.8 Å². The van der Waals surface area contributed by atoms with Crippen LogP contribution < -0.4 is 20.8 Å². The van der Waals surface area contributed by atoms with E-state index in [2.05, 4.69) is 37.1 Å². The highest BCUT2D eigenvalue weighted by molar-refractivity contribution is 9.10. The van der Waals surface area contributed by atoms with Gasteiger partial charge in [0.2, 0.25) is 5.91 Å². The molecule has 0 unspecified atom stereocenters. The number of carbonyl (C=O) groups excluding carboxylic acids is 3. The molecule has 0 aliphatic carbocycles. The van der Waals surface area contributed by atoms with Gasteiger partial charge in [0.15, 0.2) is 0 Å². The first-order chi connectivity index (χ1) is 13.8. The topological polar surface area (TPSA) is 109 Å². The van der Waals surface area contributed by atoms with Crippen LogP contribution in [-0.2, 0) is 14.4 Å². The van der Waals surface area contributed by atoms with Crippen molar-refractivity contribution in [1.29, 1.82) is 0 Å². The van der Waals surface area contributed by atoms with Gasteiger partial charge in [-0.15, -0.1) is 0 Å². The zero-order valence-corrected chi connectivity index (χ0v) is 17.8. The molecule has 0 aliphatic heterocycles. The number of halogens is 1. The average molecular weight is 461 g/mol. The number of hydrogen-bond acceptors (Lipinski definition) is 5. The molecule has 0 saturated heterocycles. The number of amides is 3. The molecule has 0 aromatic heterocycles. The molecule has 0 bridgehead atoms. The van der Waals surface area contributed by atoms with Crippen LogP contribution in [0.5, 0.6) is 5.75 Å².